The van der Waals surface area contributed by atoms with Crippen LogP contribution in [0.1, 0.15) is 52.6 Å². The number of carbonyl (C=O) groups excluding carboxylic acids is 2. The third-order valence-electron chi connectivity index (χ3n) is 10.7. The summed E-state index contributed by atoms with van der Waals surface area (Å²) >= 11 is 5.16. The van der Waals surface area contributed by atoms with Crippen LogP contribution in [-0.2, 0) is 32.4 Å². The Labute approximate surface area is 458 Å². The number of halogens is 1. The number of amides is 1. The molecule has 0 radical (unpaired) electrons. The molecule has 7 N–H and O–H groups in total. The lowest BCUT2D eigenvalue weighted by molar-refractivity contribution is 0.0950. The second-order valence-electron chi connectivity index (χ2n) is 15.7. The molecular weight excluding hydrogens is 1020 g/mol. The molecule has 0 fully saturated rings. The number of oxazole rings is 2. The largest absolute Gasteiger partial charge is 0.496 e. The van der Waals surface area contributed by atoms with E-state index in [9.17, 15) is 9.59 Å². The van der Waals surface area contributed by atoms with Gasteiger partial charge < -0.3 is 53.6 Å². The van der Waals surface area contributed by atoms with Gasteiger partial charge in [0.15, 0.2) is 48.7 Å². The number of benzene rings is 6. The second kappa shape index (κ2) is 33.9. The summed E-state index contributed by atoms with van der Waals surface area (Å²) < 4.78 is 21.3. The molecule has 0 aliphatic heterocycles. The van der Waals surface area contributed by atoms with Crippen molar-refractivity contribution >= 4 is 45.5 Å². The van der Waals surface area contributed by atoms with Crippen LogP contribution < -0.4 is 42.4 Å². The van der Waals surface area contributed by atoms with E-state index in [0.717, 1.165) is 27.9 Å². The van der Waals surface area contributed by atoms with Crippen molar-refractivity contribution in [1.82, 2.24) is 20.2 Å². The van der Waals surface area contributed by atoms with Gasteiger partial charge in [0.05, 0.1) is 60.5 Å². The summed E-state index contributed by atoms with van der Waals surface area (Å²) in [4.78, 5) is 53.0. The summed E-state index contributed by atoms with van der Waals surface area (Å²) in [7, 11) is 3.13. The first-order chi connectivity index (χ1) is 38.2. The average Bonchev–Trinajstić information content (AvgIpc) is 4.25. The first kappa shape index (κ1) is 59.1. The minimum absolute atomic E-state index is 0.138. The van der Waals surface area contributed by atoms with Gasteiger partial charge in [0.25, 0.3) is 11.1 Å². The lowest BCUT2D eigenvalue weighted by atomic mass is 10.1. The molecule has 0 unspecified atom stereocenters. The standard InChI is InChI=1S/C26H22N4O5.C19H18N4O4.C7H5ClO.C6H15N/c1-32-24-15-22(10-11-23(24)25-17-27-18-33-25)30-35-13-12-34-29-21-9-5-6-19(14-21)16-28-26(31)20-7-3-2-4-8-20;1-24-18-10-16(5-6-17(18)19-12-21-13-25-19)23-27-8-7-26-22-15-4-2-3-14(9-15)11-20;8-7(9)6-4-2-1-3-5-6;1-4-7(5-2)6-3/h2-11,14-15,17-18,29-30H,16H2,1H3,(H,28,31);2-6,9-10,12-13,22-23H,11,20H2,1H3;1-5H;4-6H2,1-3H3. The van der Waals surface area contributed by atoms with E-state index in [1.54, 1.807) is 87.3 Å². The number of rotatable bonds is 20. The number of ether oxygens (including phenoxy) is 2. The fourth-order valence-electron chi connectivity index (χ4n) is 6.66. The fraction of sp³-hybridized carbons (Fsp3) is 0.172. The highest BCUT2D eigenvalue weighted by atomic mass is 35.5. The molecular formula is C58H60ClN9O10. The zero-order chi connectivity index (χ0) is 55.6. The number of nitrogens with two attached hydrogens (primary N) is 1. The minimum Gasteiger partial charge on any atom is -0.496 e. The molecule has 20 heteroatoms. The molecule has 6 aromatic carbocycles. The molecule has 0 atom stereocenters. The Kier molecular flexibility index (Phi) is 25.7. The number of hydrogen-bond acceptors (Lipinski definition) is 18. The van der Waals surface area contributed by atoms with Gasteiger partial charge in [-0.25, -0.2) is 31.9 Å². The summed E-state index contributed by atoms with van der Waals surface area (Å²) in [6.45, 7) is 11.0. The van der Waals surface area contributed by atoms with Crippen molar-refractivity contribution in [2.24, 2.45) is 5.73 Å². The van der Waals surface area contributed by atoms with Crippen molar-refractivity contribution in [3.63, 3.8) is 0 Å². The van der Waals surface area contributed by atoms with Gasteiger partial charge in [0, 0.05) is 36.3 Å². The van der Waals surface area contributed by atoms with Gasteiger partial charge in [-0.1, -0.05) is 93.6 Å². The molecule has 0 saturated carbocycles. The maximum Gasteiger partial charge on any atom is 0.252 e. The molecule has 0 saturated heterocycles. The molecule has 0 aliphatic carbocycles. The van der Waals surface area contributed by atoms with Crippen LogP contribution in [0.4, 0.5) is 22.7 Å². The Morgan fingerprint density at radius 2 is 0.974 bits per heavy atom. The van der Waals surface area contributed by atoms with Crippen LogP contribution in [0.2, 0.25) is 0 Å². The first-order valence-electron chi connectivity index (χ1n) is 24.2. The molecule has 2 aromatic heterocycles. The van der Waals surface area contributed by atoms with Gasteiger partial charge in [-0.3, -0.25) is 9.59 Å². The molecule has 8 aromatic rings. The maximum absolute atomic E-state index is 12.2. The Hall–Kier alpha value is -9.79. The third kappa shape index (κ3) is 20.5. The van der Waals surface area contributed by atoms with E-state index >= 15 is 0 Å². The first-order valence-corrected chi connectivity index (χ1v) is 24.6. The molecule has 2 heterocycles. The third-order valence-corrected chi connectivity index (χ3v) is 10.9. The Bertz CT molecular complexity index is 3140. The van der Waals surface area contributed by atoms with Crippen LogP contribution in [0, 0.1) is 24.4 Å². The van der Waals surface area contributed by atoms with Gasteiger partial charge in [-0.05, 0) is 103 Å². The van der Waals surface area contributed by atoms with Gasteiger partial charge in [-0.2, -0.15) is 0 Å². The molecule has 404 valence electrons. The van der Waals surface area contributed by atoms with Crippen LogP contribution in [0.15, 0.2) is 180 Å². The van der Waals surface area contributed by atoms with Crippen molar-refractivity contribution < 1.29 is 47.2 Å². The van der Waals surface area contributed by atoms with Crippen molar-refractivity contribution in [3.8, 4) is 58.6 Å². The van der Waals surface area contributed by atoms with Crippen LogP contribution in [0.3, 0.4) is 0 Å². The molecule has 1 amide bonds. The van der Waals surface area contributed by atoms with Gasteiger partial charge in [0.2, 0.25) is 0 Å². The number of methoxy groups -OCH3 is 2. The quantitative estimate of drug-likeness (QED) is 0.0237. The van der Waals surface area contributed by atoms with E-state index in [1.165, 1.54) is 32.4 Å². The Balaban J connectivity index is 0.000000228. The normalized spacial score (nSPS) is 9.74. The molecule has 0 bridgehead atoms. The van der Waals surface area contributed by atoms with E-state index < -0.39 is 5.24 Å². The van der Waals surface area contributed by atoms with Crippen LogP contribution in [0.25, 0.3) is 22.6 Å². The summed E-state index contributed by atoms with van der Waals surface area (Å²) in [5.41, 5.74) is 23.6. The van der Waals surface area contributed by atoms with Crippen molar-refractivity contribution in [3.05, 3.63) is 193 Å². The molecule has 0 spiro atoms. The van der Waals surface area contributed by atoms with E-state index in [2.05, 4.69) is 87.3 Å². The lowest BCUT2D eigenvalue weighted by Gasteiger charge is -2.13. The van der Waals surface area contributed by atoms with Crippen LogP contribution >= 0.6 is 11.6 Å². The topological polar surface area (TPSA) is 231 Å². The maximum atomic E-state index is 12.2. The number of hydrogen-bond donors (Lipinski definition) is 6. The predicted octanol–water partition coefficient (Wildman–Crippen LogP) is 11.1. The van der Waals surface area contributed by atoms with Gasteiger partial charge in [0.1, 0.15) is 11.5 Å². The monoisotopic (exact) mass is 1080 g/mol. The van der Waals surface area contributed by atoms with Crippen LogP contribution in [-0.4, -0.2) is 59.9 Å². The highest BCUT2D eigenvalue weighted by Crippen LogP contribution is 2.33. The van der Waals surface area contributed by atoms with Crippen LogP contribution in [0.5, 0.6) is 11.5 Å². The van der Waals surface area contributed by atoms with Crippen molar-refractivity contribution in [2.45, 2.75) is 33.9 Å². The zero-order valence-electron chi connectivity index (χ0n) is 43.6. The predicted molar refractivity (Wildman–Crippen MR) is 300 cm³/mol. The lowest BCUT2D eigenvalue weighted by Crippen LogP contribution is -2.22. The number of nitrogens with zero attached hydrogens (tertiary/aromatic N) is 3. The number of aromatic nitrogens is 2. The van der Waals surface area contributed by atoms with Gasteiger partial charge in [-0.15, -0.1) is 0 Å². The second-order valence-corrected chi connectivity index (χ2v) is 16.0. The number of carbonyl (C=O) groups is 2. The smallest absolute Gasteiger partial charge is 0.252 e. The SMILES string of the molecule is CCN(CC)CC.COc1cc(NOC#CONc2cccc(CN)c2)ccc1-c1cnco1.COc1cc(NOC#CONc2cccc(CNC(=O)c3ccccc3)c2)ccc1-c1cnco1.O=C(Cl)c1ccccc1. The van der Waals surface area contributed by atoms with E-state index in [1.807, 2.05) is 84.9 Å². The fourth-order valence-corrected chi connectivity index (χ4v) is 6.78. The summed E-state index contributed by atoms with van der Waals surface area (Å²) in [5, 5.41) is 2.47. The van der Waals surface area contributed by atoms with E-state index in [4.69, 9.17) is 55.0 Å². The molecule has 19 nitrogen and oxygen atoms in total. The highest BCUT2D eigenvalue weighted by molar-refractivity contribution is 6.67. The van der Waals surface area contributed by atoms with E-state index in [-0.39, 0.29) is 5.91 Å². The molecule has 0 aliphatic rings. The summed E-state index contributed by atoms with van der Waals surface area (Å²) in [6, 6.07) is 43.4. The van der Waals surface area contributed by atoms with Crippen molar-refractivity contribution in [1.29, 1.82) is 0 Å². The van der Waals surface area contributed by atoms with Crippen molar-refractivity contribution in [2.75, 3.05) is 55.8 Å². The summed E-state index contributed by atoms with van der Waals surface area (Å²) in [6.07, 6.45) is 15.4. The molecule has 78 heavy (non-hydrogen) atoms. The number of nitrogens with one attached hydrogen (secondary N) is 5. The summed E-state index contributed by atoms with van der Waals surface area (Å²) in [5.74, 6) is 2.25. The molecule has 8 rings (SSSR count). The number of anilines is 4. The zero-order valence-corrected chi connectivity index (χ0v) is 44.3. The Morgan fingerprint density at radius 1 is 0.551 bits per heavy atom. The van der Waals surface area contributed by atoms with Gasteiger partial charge >= 0.3 is 0 Å². The van der Waals surface area contributed by atoms with E-state index in [0.29, 0.717) is 64.3 Å². The average molecular weight is 1080 g/mol. The highest BCUT2D eigenvalue weighted by Gasteiger charge is 2.12. The minimum atomic E-state index is -0.407. The Morgan fingerprint density at radius 3 is 1.35 bits per heavy atom.